The monoisotopic (exact) mass is 234 g/mol. The van der Waals surface area contributed by atoms with Gasteiger partial charge in [0.1, 0.15) is 11.5 Å². The second kappa shape index (κ2) is 4.91. The molecule has 0 saturated carbocycles. The van der Waals surface area contributed by atoms with E-state index in [9.17, 15) is 4.79 Å². The third-order valence-electron chi connectivity index (χ3n) is 2.66. The molecule has 17 heavy (non-hydrogen) atoms. The molecule has 1 heterocycles. The molecule has 1 aromatic rings. The fourth-order valence-electron chi connectivity index (χ4n) is 1.77. The summed E-state index contributed by atoms with van der Waals surface area (Å²) in [7, 11) is 2.98. The largest absolute Gasteiger partial charge is 0.497 e. The highest BCUT2D eigenvalue weighted by Gasteiger charge is 2.17. The minimum Gasteiger partial charge on any atom is -0.497 e. The van der Waals surface area contributed by atoms with E-state index in [4.69, 9.17) is 9.47 Å². The first kappa shape index (κ1) is 11.5. The number of hydrogen-bond donors (Lipinski definition) is 0. The number of esters is 1. The third-order valence-corrected chi connectivity index (χ3v) is 2.66. The lowest BCUT2D eigenvalue weighted by Gasteiger charge is -2.20. The van der Waals surface area contributed by atoms with E-state index in [0.717, 1.165) is 22.6 Å². The predicted octanol–water partition coefficient (Wildman–Crippen LogP) is 2.03. The van der Waals surface area contributed by atoms with Crippen molar-refractivity contribution in [3.63, 3.8) is 0 Å². The summed E-state index contributed by atoms with van der Waals surface area (Å²) in [5, 5.41) is 0. The van der Waals surface area contributed by atoms with E-state index in [1.807, 2.05) is 18.2 Å². The van der Waals surface area contributed by atoms with E-state index < -0.39 is 0 Å². The van der Waals surface area contributed by atoms with Crippen LogP contribution in [0.4, 0.5) is 0 Å². The van der Waals surface area contributed by atoms with E-state index >= 15 is 0 Å². The van der Waals surface area contributed by atoms with E-state index in [-0.39, 0.29) is 5.97 Å². The molecule has 90 valence electrons. The molecule has 1 aliphatic heterocycles. The van der Waals surface area contributed by atoms with Gasteiger partial charge in [0.05, 0.1) is 20.8 Å². The zero-order chi connectivity index (χ0) is 12.3. The molecule has 0 atom stereocenters. The van der Waals surface area contributed by atoms with Gasteiger partial charge in [-0.1, -0.05) is 0 Å². The molecule has 1 aromatic carbocycles. The summed E-state index contributed by atoms with van der Waals surface area (Å²) in [6.45, 7) is 0.559. The van der Waals surface area contributed by atoms with Crippen molar-refractivity contribution in [2.45, 2.75) is 6.42 Å². The summed E-state index contributed by atoms with van der Waals surface area (Å²) in [5.74, 6) is 1.14. The molecule has 0 spiro atoms. The first-order valence-corrected chi connectivity index (χ1v) is 5.34. The van der Waals surface area contributed by atoms with Gasteiger partial charge >= 0.3 is 5.97 Å². The van der Waals surface area contributed by atoms with Crippen molar-refractivity contribution in [2.75, 3.05) is 20.8 Å². The van der Waals surface area contributed by atoms with Gasteiger partial charge in [-0.3, -0.25) is 0 Å². The number of ether oxygens (including phenoxy) is 3. The molecular weight excluding hydrogens is 220 g/mol. The maximum absolute atomic E-state index is 11.2. The standard InChI is InChI=1S/C13H14O4/c1-15-10-3-4-11-9(7-13(14)16-2)5-6-17-12(11)8-10/h3-4,7-8H,5-6H2,1-2H3/b9-7+. The third kappa shape index (κ3) is 2.41. The van der Waals surface area contributed by atoms with Crippen LogP contribution in [0.1, 0.15) is 12.0 Å². The number of hydrogen-bond acceptors (Lipinski definition) is 4. The molecule has 2 rings (SSSR count). The first-order valence-electron chi connectivity index (χ1n) is 5.34. The van der Waals surface area contributed by atoms with Gasteiger partial charge in [0.25, 0.3) is 0 Å². The summed E-state index contributed by atoms with van der Waals surface area (Å²) in [6.07, 6.45) is 2.21. The van der Waals surface area contributed by atoms with Gasteiger partial charge in [0.2, 0.25) is 0 Å². The van der Waals surface area contributed by atoms with Crippen LogP contribution in [0.15, 0.2) is 24.3 Å². The van der Waals surface area contributed by atoms with Gasteiger partial charge in [0, 0.05) is 24.1 Å². The highest BCUT2D eigenvalue weighted by atomic mass is 16.5. The summed E-state index contributed by atoms with van der Waals surface area (Å²) in [4.78, 5) is 11.2. The summed E-state index contributed by atoms with van der Waals surface area (Å²) >= 11 is 0. The van der Waals surface area contributed by atoms with Crippen molar-refractivity contribution in [2.24, 2.45) is 0 Å². The van der Waals surface area contributed by atoms with Crippen LogP contribution < -0.4 is 9.47 Å². The quantitative estimate of drug-likeness (QED) is 0.580. The fraction of sp³-hybridized carbons (Fsp3) is 0.308. The van der Waals surface area contributed by atoms with Gasteiger partial charge in [-0.15, -0.1) is 0 Å². The Morgan fingerprint density at radius 3 is 2.94 bits per heavy atom. The van der Waals surface area contributed by atoms with E-state index in [0.29, 0.717) is 13.0 Å². The average molecular weight is 234 g/mol. The molecule has 0 aromatic heterocycles. The van der Waals surface area contributed by atoms with E-state index in [2.05, 4.69) is 4.74 Å². The highest BCUT2D eigenvalue weighted by Crippen LogP contribution is 2.35. The number of fused-ring (bicyclic) bond motifs is 1. The number of carbonyl (C=O) groups excluding carboxylic acids is 1. The molecule has 0 N–H and O–H groups in total. The van der Waals surface area contributed by atoms with E-state index in [1.54, 1.807) is 7.11 Å². The number of methoxy groups -OCH3 is 2. The minimum absolute atomic E-state index is 0.344. The number of benzene rings is 1. The van der Waals surface area contributed by atoms with Gasteiger partial charge < -0.3 is 14.2 Å². The highest BCUT2D eigenvalue weighted by molar-refractivity contribution is 5.92. The predicted molar refractivity (Wildman–Crippen MR) is 63.1 cm³/mol. The molecule has 0 saturated heterocycles. The fourth-order valence-corrected chi connectivity index (χ4v) is 1.77. The van der Waals surface area contributed by atoms with Crippen LogP contribution in [-0.2, 0) is 9.53 Å². The second-order valence-corrected chi connectivity index (χ2v) is 3.65. The van der Waals surface area contributed by atoms with Crippen molar-refractivity contribution >= 4 is 11.5 Å². The summed E-state index contributed by atoms with van der Waals surface area (Å²) < 4.78 is 15.3. The smallest absolute Gasteiger partial charge is 0.330 e. The molecule has 4 nitrogen and oxygen atoms in total. The van der Waals surface area contributed by atoms with Crippen LogP contribution in [0.3, 0.4) is 0 Å². The van der Waals surface area contributed by atoms with Crippen LogP contribution in [0.5, 0.6) is 11.5 Å². The molecule has 4 heteroatoms. The molecule has 0 aliphatic carbocycles. The molecule has 0 radical (unpaired) electrons. The number of carbonyl (C=O) groups is 1. The van der Waals surface area contributed by atoms with Crippen LogP contribution in [0, 0.1) is 0 Å². The summed E-state index contributed by atoms with van der Waals surface area (Å²) in [5.41, 5.74) is 1.85. The molecule has 0 bridgehead atoms. The Morgan fingerprint density at radius 2 is 2.24 bits per heavy atom. The maximum atomic E-state index is 11.2. The zero-order valence-electron chi connectivity index (χ0n) is 9.86. The van der Waals surface area contributed by atoms with Crippen molar-refractivity contribution in [1.82, 2.24) is 0 Å². The van der Waals surface area contributed by atoms with Crippen molar-refractivity contribution < 1.29 is 19.0 Å². The Labute approximate surface area is 99.8 Å². The van der Waals surface area contributed by atoms with Crippen molar-refractivity contribution in [1.29, 1.82) is 0 Å². The first-order chi connectivity index (χ1) is 8.24. The lowest BCUT2D eigenvalue weighted by molar-refractivity contribution is -0.134. The summed E-state index contributed by atoms with van der Waals surface area (Å²) in [6, 6.07) is 5.56. The topological polar surface area (TPSA) is 44.8 Å². The average Bonchev–Trinajstić information content (AvgIpc) is 2.38. The van der Waals surface area contributed by atoms with Crippen LogP contribution in [-0.4, -0.2) is 26.8 Å². The van der Waals surface area contributed by atoms with Crippen LogP contribution in [0.2, 0.25) is 0 Å². The Morgan fingerprint density at radius 1 is 1.41 bits per heavy atom. The maximum Gasteiger partial charge on any atom is 0.330 e. The lowest BCUT2D eigenvalue weighted by atomic mass is 9.99. The van der Waals surface area contributed by atoms with Crippen molar-refractivity contribution in [3.8, 4) is 11.5 Å². The van der Waals surface area contributed by atoms with Crippen molar-refractivity contribution in [3.05, 3.63) is 29.8 Å². The Balaban J connectivity index is 2.38. The van der Waals surface area contributed by atoms with Crippen LogP contribution >= 0.6 is 0 Å². The Hall–Kier alpha value is -1.97. The molecule has 0 amide bonds. The normalized spacial score (nSPS) is 16.0. The molecule has 0 unspecified atom stereocenters. The molecule has 1 aliphatic rings. The Bertz CT molecular complexity index is 462. The molecule has 0 fully saturated rings. The zero-order valence-corrected chi connectivity index (χ0v) is 9.86. The SMILES string of the molecule is COC(=O)/C=C1\CCOc2cc(OC)ccc21. The van der Waals surface area contributed by atoms with E-state index in [1.165, 1.54) is 13.2 Å². The van der Waals surface area contributed by atoms with Gasteiger partial charge in [-0.05, 0) is 17.7 Å². The molecular formula is C13H14O4. The van der Waals surface area contributed by atoms with Gasteiger partial charge in [-0.2, -0.15) is 0 Å². The number of rotatable bonds is 2. The van der Waals surface area contributed by atoms with Gasteiger partial charge in [-0.25, -0.2) is 4.79 Å². The Kier molecular flexibility index (Phi) is 3.32. The minimum atomic E-state index is -0.344. The van der Waals surface area contributed by atoms with Crippen LogP contribution in [0.25, 0.3) is 5.57 Å². The lowest BCUT2D eigenvalue weighted by Crippen LogP contribution is -2.09. The second-order valence-electron chi connectivity index (χ2n) is 3.65. The van der Waals surface area contributed by atoms with Gasteiger partial charge in [0.15, 0.2) is 0 Å².